The van der Waals surface area contributed by atoms with Crippen molar-refractivity contribution in [3.8, 4) is 11.1 Å². The van der Waals surface area contributed by atoms with Crippen LogP contribution in [-0.4, -0.2) is 47.8 Å². The molecule has 1 atom stereocenters. The van der Waals surface area contributed by atoms with Crippen LogP contribution in [0.4, 0.5) is 4.79 Å². The Bertz CT molecular complexity index is 997. The molecule has 2 N–H and O–H groups in total. The molecule has 168 valence electrons. The van der Waals surface area contributed by atoms with Gasteiger partial charge in [-0.3, -0.25) is 0 Å². The summed E-state index contributed by atoms with van der Waals surface area (Å²) in [4.78, 5) is 24.8. The van der Waals surface area contributed by atoms with Crippen molar-refractivity contribution in [2.75, 3.05) is 13.2 Å². The van der Waals surface area contributed by atoms with Gasteiger partial charge in [-0.1, -0.05) is 48.5 Å². The van der Waals surface area contributed by atoms with Crippen molar-refractivity contribution in [1.82, 2.24) is 5.32 Å². The third-order valence-corrected chi connectivity index (χ3v) is 6.96. The first-order valence-corrected chi connectivity index (χ1v) is 11.1. The van der Waals surface area contributed by atoms with Crippen LogP contribution in [0.25, 0.3) is 11.1 Å². The minimum atomic E-state index is -1.38. The third kappa shape index (κ3) is 3.55. The van der Waals surface area contributed by atoms with E-state index in [1.54, 1.807) is 0 Å². The van der Waals surface area contributed by atoms with E-state index in [9.17, 15) is 14.7 Å². The van der Waals surface area contributed by atoms with Gasteiger partial charge >= 0.3 is 12.1 Å². The minimum Gasteiger partial charge on any atom is -0.480 e. The Hall–Kier alpha value is -2.90. The van der Waals surface area contributed by atoms with Crippen molar-refractivity contribution in [2.45, 2.75) is 56.0 Å². The highest BCUT2D eigenvalue weighted by molar-refractivity contribution is 5.84. The van der Waals surface area contributed by atoms with E-state index in [-0.39, 0.29) is 31.5 Å². The number of carboxylic acids is 1. The van der Waals surface area contributed by atoms with Gasteiger partial charge in [0.2, 0.25) is 0 Å². The molecule has 0 aromatic heterocycles. The molecule has 2 aliphatic carbocycles. The third-order valence-electron chi connectivity index (χ3n) is 6.96. The SMILES string of the molecule is CC1COC2(CCC(NC(=O)OCC3c4ccccc4-c4ccccc43)(C(=O)O)CC2)O1. The largest absolute Gasteiger partial charge is 0.480 e. The first kappa shape index (κ1) is 21.0. The maximum atomic E-state index is 12.7. The number of nitrogens with one attached hydrogen (secondary N) is 1. The summed E-state index contributed by atoms with van der Waals surface area (Å²) in [5, 5.41) is 12.6. The second-order valence-electron chi connectivity index (χ2n) is 8.99. The van der Waals surface area contributed by atoms with Gasteiger partial charge in [0.1, 0.15) is 12.1 Å². The highest BCUT2D eigenvalue weighted by Crippen LogP contribution is 2.45. The molecule has 7 nitrogen and oxygen atoms in total. The van der Waals surface area contributed by atoms with E-state index in [1.165, 1.54) is 0 Å². The van der Waals surface area contributed by atoms with Crippen LogP contribution in [0.5, 0.6) is 0 Å². The molecule has 1 aliphatic heterocycles. The van der Waals surface area contributed by atoms with Gasteiger partial charge in [0.25, 0.3) is 0 Å². The molecule has 1 spiro atoms. The fourth-order valence-electron chi connectivity index (χ4n) is 5.25. The van der Waals surface area contributed by atoms with Crippen molar-refractivity contribution < 1.29 is 28.9 Å². The summed E-state index contributed by atoms with van der Waals surface area (Å²) in [6, 6.07) is 16.2. The Labute approximate surface area is 186 Å². The van der Waals surface area contributed by atoms with E-state index >= 15 is 0 Å². The number of benzene rings is 2. The zero-order valence-electron chi connectivity index (χ0n) is 18.0. The van der Waals surface area contributed by atoms with Crippen molar-refractivity contribution >= 4 is 12.1 Å². The monoisotopic (exact) mass is 437 g/mol. The van der Waals surface area contributed by atoms with Gasteiger partial charge in [-0.2, -0.15) is 0 Å². The topological polar surface area (TPSA) is 94.1 Å². The molecule has 1 saturated heterocycles. The van der Waals surface area contributed by atoms with Gasteiger partial charge in [0, 0.05) is 18.8 Å². The van der Waals surface area contributed by atoms with E-state index in [0.717, 1.165) is 22.3 Å². The molecular formula is C25H27NO6. The van der Waals surface area contributed by atoms with Crippen molar-refractivity contribution in [2.24, 2.45) is 0 Å². The first-order chi connectivity index (χ1) is 15.4. The number of carbonyl (C=O) groups is 2. The Morgan fingerprint density at radius 2 is 1.62 bits per heavy atom. The zero-order chi connectivity index (χ0) is 22.3. The molecule has 5 rings (SSSR count). The minimum absolute atomic E-state index is 0.0116. The van der Waals surface area contributed by atoms with Gasteiger partial charge in [-0.05, 0) is 42.0 Å². The normalized spacial score (nSPS) is 28.8. The Kier molecular flexibility index (Phi) is 5.18. The molecule has 3 aliphatic rings. The number of carboxylic acid groups (broad SMARTS) is 1. The van der Waals surface area contributed by atoms with E-state index in [2.05, 4.69) is 17.4 Å². The maximum Gasteiger partial charge on any atom is 0.408 e. The number of rotatable bonds is 4. The lowest BCUT2D eigenvalue weighted by Crippen LogP contribution is -2.59. The van der Waals surface area contributed by atoms with Gasteiger partial charge in [0.15, 0.2) is 5.79 Å². The average molecular weight is 437 g/mol. The Morgan fingerprint density at radius 3 is 2.16 bits per heavy atom. The zero-order valence-corrected chi connectivity index (χ0v) is 18.0. The summed E-state index contributed by atoms with van der Waals surface area (Å²) in [7, 11) is 0. The molecule has 32 heavy (non-hydrogen) atoms. The Balaban J connectivity index is 1.26. The van der Waals surface area contributed by atoms with Crippen molar-refractivity contribution in [3.63, 3.8) is 0 Å². The number of amides is 1. The summed E-state index contributed by atoms with van der Waals surface area (Å²) >= 11 is 0. The molecule has 1 heterocycles. The molecule has 2 fully saturated rings. The van der Waals surface area contributed by atoms with E-state index in [4.69, 9.17) is 14.2 Å². The fraction of sp³-hybridized carbons (Fsp3) is 0.440. The summed E-state index contributed by atoms with van der Waals surface area (Å²) in [6.07, 6.45) is 0.535. The summed E-state index contributed by atoms with van der Waals surface area (Å²) in [6.45, 7) is 2.58. The van der Waals surface area contributed by atoms with Crippen molar-refractivity contribution in [1.29, 1.82) is 0 Å². The van der Waals surface area contributed by atoms with E-state index < -0.39 is 23.4 Å². The highest BCUT2D eigenvalue weighted by Gasteiger charge is 2.52. The molecule has 2 aromatic carbocycles. The molecule has 7 heteroatoms. The quantitative estimate of drug-likeness (QED) is 0.749. The first-order valence-electron chi connectivity index (χ1n) is 11.1. The molecule has 1 amide bonds. The number of alkyl carbamates (subject to hydrolysis) is 1. The second kappa shape index (κ2) is 7.90. The van der Waals surface area contributed by atoms with Crippen LogP contribution in [0.1, 0.15) is 49.7 Å². The lowest BCUT2D eigenvalue weighted by atomic mass is 9.78. The summed E-state index contributed by atoms with van der Waals surface area (Å²) in [5.41, 5.74) is 3.12. The fourth-order valence-corrected chi connectivity index (χ4v) is 5.25. The van der Waals surface area contributed by atoms with Crippen LogP contribution in [0, 0.1) is 0 Å². The van der Waals surface area contributed by atoms with Gasteiger partial charge < -0.3 is 24.6 Å². The van der Waals surface area contributed by atoms with Crippen molar-refractivity contribution in [3.05, 3.63) is 59.7 Å². The molecule has 1 unspecified atom stereocenters. The van der Waals surface area contributed by atoms with Crippen LogP contribution >= 0.6 is 0 Å². The Morgan fingerprint density at radius 1 is 1.03 bits per heavy atom. The van der Waals surface area contributed by atoms with Crippen LogP contribution in [0.15, 0.2) is 48.5 Å². The van der Waals surface area contributed by atoms with E-state index in [1.807, 2.05) is 43.3 Å². The molecule has 1 saturated carbocycles. The summed E-state index contributed by atoms with van der Waals surface area (Å²) in [5.74, 6) is -1.88. The molecular weight excluding hydrogens is 410 g/mol. The van der Waals surface area contributed by atoms with Crippen LogP contribution in [0.2, 0.25) is 0 Å². The number of aliphatic carboxylic acids is 1. The van der Waals surface area contributed by atoms with Gasteiger partial charge in [0.05, 0.1) is 12.7 Å². The smallest absolute Gasteiger partial charge is 0.408 e. The predicted molar refractivity (Wildman–Crippen MR) is 116 cm³/mol. The number of hydrogen-bond donors (Lipinski definition) is 2. The number of ether oxygens (including phenoxy) is 3. The lowest BCUT2D eigenvalue weighted by molar-refractivity contribution is -0.197. The van der Waals surface area contributed by atoms with Gasteiger partial charge in [-0.25, -0.2) is 9.59 Å². The molecule has 0 bridgehead atoms. The van der Waals surface area contributed by atoms with Crippen LogP contribution < -0.4 is 5.32 Å². The van der Waals surface area contributed by atoms with E-state index in [0.29, 0.717) is 19.4 Å². The highest BCUT2D eigenvalue weighted by atomic mass is 16.7. The molecule has 2 aromatic rings. The molecule has 0 radical (unpaired) electrons. The lowest BCUT2D eigenvalue weighted by Gasteiger charge is -2.41. The van der Waals surface area contributed by atoms with Crippen LogP contribution in [-0.2, 0) is 19.0 Å². The maximum absolute atomic E-state index is 12.7. The van der Waals surface area contributed by atoms with Crippen LogP contribution in [0.3, 0.4) is 0 Å². The summed E-state index contributed by atoms with van der Waals surface area (Å²) < 4.78 is 17.3. The number of fused-ring (bicyclic) bond motifs is 3. The predicted octanol–water partition coefficient (Wildman–Crippen LogP) is 4.05. The van der Waals surface area contributed by atoms with Gasteiger partial charge in [-0.15, -0.1) is 0 Å². The average Bonchev–Trinajstić information content (AvgIpc) is 3.32. The number of hydrogen-bond acceptors (Lipinski definition) is 5. The number of carbonyl (C=O) groups excluding carboxylic acids is 1. The second-order valence-corrected chi connectivity index (χ2v) is 8.99. The standard InChI is InChI=1S/C25H27NO6/c1-16-14-31-25(32-16)12-10-24(11-13-25,22(27)28)26-23(29)30-15-21-19-8-4-2-6-17(19)18-7-3-5-9-20(18)21/h2-9,16,21H,10-15H2,1H3,(H,26,29)(H,27,28).